The van der Waals surface area contributed by atoms with Crippen LogP contribution in [-0.2, 0) is 11.2 Å². The number of rotatable bonds is 2. The Kier molecular flexibility index (Phi) is 3.70. The van der Waals surface area contributed by atoms with Gasteiger partial charge in [-0.05, 0) is 30.9 Å². The number of aromatic nitrogens is 1. The smallest absolute Gasteiger partial charge is 0.357 e. The first-order valence-electron chi connectivity index (χ1n) is 7.44. The first-order chi connectivity index (χ1) is 11.1. The lowest BCUT2D eigenvalue weighted by Crippen LogP contribution is -2.18. The number of carbonyl (C=O) groups excluding carboxylic acids is 1. The van der Waals surface area contributed by atoms with Crippen LogP contribution in [0.1, 0.15) is 33.6 Å². The third-order valence-corrected chi connectivity index (χ3v) is 4.18. The molecule has 118 valence electrons. The molecule has 0 bridgehead atoms. The summed E-state index contributed by atoms with van der Waals surface area (Å²) < 4.78 is 6.52. The number of carbonyl (C=O) groups is 1. The van der Waals surface area contributed by atoms with Gasteiger partial charge in [0.1, 0.15) is 6.07 Å². The van der Waals surface area contributed by atoms with Crippen LogP contribution in [0.2, 0.25) is 0 Å². The second-order valence-corrected chi connectivity index (χ2v) is 5.57. The fourth-order valence-electron chi connectivity index (χ4n) is 3.04. The number of nitrogen functional groups attached to an aromatic ring is 1. The summed E-state index contributed by atoms with van der Waals surface area (Å²) in [5.41, 5.74) is 10.6. The van der Waals surface area contributed by atoms with E-state index in [9.17, 15) is 10.1 Å². The minimum Gasteiger partial charge on any atom is -0.464 e. The van der Waals surface area contributed by atoms with Crippen LogP contribution < -0.4 is 11.1 Å². The number of benzene rings is 1. The van der Waals surface area contributed by atoms with E-state index in [4.69, 9.17) is 10.5 Å². The molecule has 3 N–H and O–H groups in total. The van der Waals surface area contributed by atoms with E-state index in [2.05, 4.69) is 11.4 Å². The van der Waals surface area contributed by atoms with E-state index in [0.29, 0.717) is 0 Å². The average molecular weight is 310 g/mol. The SMILES string of the molecule is COC(=O)c1c(N)c(C#N)cn1-c1c(C)ccc2c1NCCC2. The highest BCUT2D eigenvalue weighted by Gasteiger charge is 2.25. The van der Waals surface area contributed by atoms with Gasteiger partial charge >= 0.3 is 5.97 Å². The lowest BCUT2D eigenvalue weighted by Gasteiger charge is -2.24. The van der Waals surface area contributed by atoms with Gasteiger partial charge in [-0.2, -0.15) is 5.26 Å². The maximum absolute atomic E-state index is 12.2. The number of anilines is 2. The molecule has 6 nitrogen and oxygen atoms in total. The number of nitriles is 1. The van der Waals surface area contributed by atoms with Crippen LogP contribution in [0.25, 0.3) is 5.69 Å². The molecule has 1 aromatic carbocycles. The number of nitrogens with zero attached hydrogens (tertiary/aromatic N) is 2. The van der Waals surface area contributed by atoms with Gasteiger partial charge in [-0.3, -0.25) is 0 Å². The summed E-state index contributed by atoms with van der Waals surface area (Å²) >= 11 is 0. The molecule has 0 saturated carbocycles. The van der Waals surface area contributed by atoms with Crippen molar-refractivity contribution in [3.8, 4) is 11.8 Å². The van der Waals surface area contributed by atoms with Crippen molar-refractivity contribution in [3.05, 3.63) is 40.7 Å². The predicted octanol–water partition coefficient (Wildman–Crippen LogP) is 2.38. The Bertz CT molecular complexity index is 830. The molecule has 2 aromatic rings. The van der Waals surface area contributed by atoms with Crippen molar-refractivity contribution in [2.75, 3.05) is 24.7 Å². The Morgan fingerprint density at radius 3 is 2.96 bits per heavy atom. The molecule has 0 saturated heterocycles. The Hall–Kier alpha value is -2.94. The summed E-state index contributed by atoms with van der Waals surface area (Å²) in [6, 6.07) is 6.14. The molecule has 0 atom stereocenters. The average Bonchev–Trinajstić information content (AvgIpc) is 2.90. The topological polar surface area (TPSA) is 93.1 Å². The van der Waals surface area contributed by atoms with Crippen LogP contribution in [0.5, 0.6) is 0 Å². The first kappa shape index (κ1) is 15.0. The zero-order valence-corrected chi connectivity index (χ0v) is 13.1. The van der Waals surface area contributed by atoms with Crippen LogP contribution in [0, 0.1) is 18.3 Å². The minimum atomic E-state index is -0.559. The van der Waals surface area contributed by atoms with Crippen LogP contribution in [0.3, 0.4) is 0 Å². The molecule has 1 aliphatic heterocycles. The number of fused-ring (bicyclic) bond motifs is 1. The Morgan fingerprint density at radius 2 is 2.26 bits per heavy atom. The number of esters is 1. The lowest BCUT2D eigenvalue weighted by molar-refractivity contribution is 0.0593. The summed E-state index contributed by atoms with van der Waals surface area (Å²) in [5.74, 6) is -0.559. The van der Waals surface area contributed by atoms with Crippen molar-refractivity contribution < 1.29 is 9.53 Å². The highest BCUT2D eigenvalue weighted by atomic mass is 16.5. The van der Waals surface area contributed by atoms with E-state index in [1.165, 1.54) is 12.7 Å². The van der Waals surface area contributed by atoms with Gasteiger partial charge in [-0.15, -0.1) is 0 Å². The summed E-state index contributed by atoms with van der Waals surface area (Å²) in [4.78, 5) is 12.2. The molecule has 6 heteroatoms. The molecule has 3 rings (SSSR count). The van der Waals surface area contributed by atoms with E-state index in [0.717, 1.165) is 36.3 Å². The van der Waals surface area contributed by atoms with Crippen molar-refractivity contribution in [1.82, 2.24) is 4.57 Å². The van der Waals surface area contributed by atoms with Crippen LogP contribution in [-0.4, -0.2) is 24.2 Å². The molecule has 1 aliphatic rings. The first-order valence-corrected chi connectivity index (χ1v) is 7.44. The molecule has 23 heavy (non-hydrogen) atoms. The van der Waals surface area contributed by atoms with Crippen molar-refractivity contribution in [2.45, 2.75) is 19.8 Å². The van der Waals surface area contributed by atoms with Gasteiger partial charge in [0.15, 0.2) is 5.69 Å². The maximum atomic E-state index is 12.2. The maximum Gasteiger partial charge on any atom is 0.357 e. The Balaban J connectivity index is 2.32. The van der Waals surface area contributed by atoms with Crippen molar-refractivity contribution in [1.29, 1.82) is 5.26 Å². The quantitative estimate of drug-likeness (QED) is 0.831. The summed E-state index contributed by atoms with van der Waals surface area (Å²) in [7, 11) is 1.30. The predicted molar refractivity (Wildman–Crippen MR) is 87.8 cm³/mol. The van der Waals surface area contributed by atoms with E-state index >= 15 is 0 Å². The molecular weight excluding hydrogens is 292 g/mol. The standard InChI is InChI=1S/C17H18N4O2/c1-10-5-6-11-4-3-7-20-14(11)15(10)21-9-12(8-18)13(19)16(21)17(22)23-2/h5-6,9,20H,3-4,7,19H2,1-2H3. The van der Waals surface area contributed by atoms with Gasteiger partial charge < -0.3 is 20.4 Å². The number of methoxy groups -OCH3 is 1. The monoisotopic (exact) mass is 310 g/mol. The van der Waals surface area contributed by atoms with E-state index in [-0.39, 0.29) is 16.9 Å². The molecule has 0 amide bonds. The molecular formula is C17H18N4O2. The van der Waals surface area contributed by atoms with E-state index in [1.807, 2.05) is 19.1 Å². The van der Waals surface area contributed by atoms with Gasteiger partial charge in [0, 0.05) is 12.7 Å². The minimum absolute atomic E-state index is 0.146. The van der Waals surface area contributed by atoms with Gasteiger partial charge in [0.25, 0.3) is 0 Å². The number of hydrogen-bond donors (Lipinski definition) is 2. The van der Waals surface area contributed by atoms with Gasteiger partial charge in [-0.25, -0.2) is 4.79 Å². The van der Waals surface area contributed by atoms with Gasteiger partial charge in [0.2, 0.25) is 0 Å². The normalized spacial score (nSPS) is 12.9. The number of hydrogen-bond acceptors (Lipinski definition) is 5. The van der Waals surface area contributed by atoms with E-state index in [1.54, 1.807) is 10.8 Å². The molecule has 2 heterocycles. The molecule has 0 aliphatic carbocycles. The second-order valence-electron chi connectivity index (χ2n) is 5.57. The van der Waals surface area contributed by atoms with Crippen LogP contribution in [0.15, 0.2) is 18.3 Å². The number of ether oxygens (including phenoxy) is 1. The van der Waals surface area contributed by atoms with E-state index < -0.39 is 5.97 Å². The fraction of sp³-hybridized carbons (Fsp3) is 0.294. The van der Waals surface area contributed by atoms with Crippen molar-refractivity contribution in [2.24, 2.45) is 0 Å². The van der Waals surface area contributed by atoms with Crippen molar-refractivity contribution in [3.63, 3.8) is 0 Å². The summed E-state index contributed by atoms with van der Waals surface area (Å²) in [6.07, 6.45) is 3.64. The summed E-state index contributed by atoms with van der Waals surface area (Å²) in [5, 5.41) is 12.7. The number of nitrogens with one attached hydrogen (secondary N) is 1. The molecule has 0 spiro atoms. The fourth-order valence-corrected chi connectivity index (χ4v) is 3.04. The lowest BCUT2D eigenvalue weighted by atomic mass is 9.99. The molecule has 0 fully saturated rings. The molecule has 1 aromatic heterocycles. The molecule has 0 unspecified atom stereocenters. The number of aryl methyl sites for hydroxylation is 2. The third kappa shape index (κ3) is 2.30. The molecule has 0 radical (unpaired) electrons. The second kappa shape index (κ2) is 5.69. The highest BCUT2D eigenvalue weighted by Crippen LogP contribution is 2.35. The zero-order chi connectivity index (χ0) is 16.6. The van der Waals surface area contributed by atoms with Crippen LogP contribution in [0.4, 0.5) is 11.4 Å². The van der Waals surface area contributed by atoms with Gasteiger partial charge in [-0.1, -0.05) is 12.1 Å². The Morgan fingerprint density at radius 1 is 1.48 bits per heavy atom. The zero-order valence-electron chi connectivity index (χ0n) is 13.1. The number of nitrogens with two attached hydrogens (primary N) is 1. The van der Waals surface area contributed by atoms with Gasteiger partial charge in [0.05, 0.1) is 29.7 Å². The highest BCUT2D eigenvalue weighted by molar-refractivity contribution is 5.96. The Labute approximate surface area is 134 Å². The summed E-state index contributed by atoms with van der Waals surface area (Å²) in [6.45, 7) is 2.84. The van der Waals surface area contributed by atoms with Crippen molar-refractivity contribution >= 4 is 17.3 Å². The third-order valence-electron chi connectivity index (χ3n) is 4.18. The largest absolute Gasteiger partial charge is 0.464 e. The van der Waals surface area contributed by atoms with Crippen LogP contribution >= 0.6 is 0 Å².